The molecule has 1 aliphatic heterocycles. The highest BCUT2D eigenvalue weighted by Crippen LogP contribution is 2.34. The van der Waals surface area contributed by atoms with Crippen LogP contribution in [0.15, 0.2) is 40.6 Å². The van der Waals surface area contributed by atoms with Crippen molar-refractivity contribution in [3.63, 3.8) is 0 Å². The Bertz CT molecular complexity index is 1230. The van der Waals surface area contributed by atoms with Gasteiger partial charge in [-0.3, -0.25) is 4.79 Å². The van der Waals surface area contributed by atoms with Gasteiger partial charge in [-0.15, -0.1) is 0 Å². The number of amides is 3. The molecule has 1 aromatic carbocycles. The third kappa shape index (κ3) is 5.85. The maximum atomic E-state index is 12.5. The van der Waals surface area contributed by atoms with Crippen molar-refractivity contribution >= 4 is 24.1 Å². The first-order valence-corrected chi connectivity index (χ1v) is 11.4. The molecule has 0 fully saturated rings. The molecule has 192 valence electrons. The number of hydrazone groups is 1. The van der Waals surface area contributed by atoms with E-state index in [0.717, 1.165) is 17.0 Å². The summed E-state index contributed by atoms with van der Waals surface area (Å²) in [4.78, 5) is 36.8. The van der Waals surface area contributed by atoms with Gasteiger partial charge in [0.1, 0.15) is 0 Å². The Kier molecular flexibility index (Phi) is 8.36. The number of rotatable bonds is 9. The van der Waals surface area contributed by atoms with Gasteiger partial charge in [-0.2, -0.15) is 5.10 Å². The number of hydrogen-bond donors (Lipinski definition) is 3. The first-order chi connectivity index (χ1) is 17.2. The number of carbonyl (C=O) groups is 3. The third-order valence-electron chi connectivity index (χ3n) is 5.85. The standard InChI is InChI=1S/C25H31N5O6/c1-7-35-24(32)22-15(3)27-25(33)28-23(22)17-8-9-19(20(11-17)34-6)36-13-21(31)29-26-12-18-10-14(2)30(5)16(18)4/h8-12,23H,7,13H2,1-6H3,(H,29,31)(H2,27,28,33)/t23-/m1/s1. The molecule has 2 aromatic rings. The number of esters is 1. The molecule has 2 heterocycles. The number of nitrogens with zero attached hydrogens (tertiary/aromatic N) is 2. The molecule has 0 saturated heterocycles. The van der Waals surface area contributed by atoms with E-state index in [9.17, 15) is 14.4 Å². The Morgan fingerprint density at radius 1 is 1.19 bits per heavy atom. The van der Waals surface area contributed by atoms with Crippen LogP contribution >= 0.6 is 0 Å². The molecular weight excluding hydrogens is 466 g/mol. The van der Waals surface area contributed by atoms with Crippen molar-refractivity contribution in [3.8, 4) is 11.5 Å². The number of aromatic nitrogens is 1. The van der Waals surface area contributed by atoms with Crippen molar-refractivity contribution in [1.29, 1.82) is 0 Å². The largest absolute Gasteiger partial charge is 0.493 e. The highest BCUT2D eigenvalue weighted by atomic mass is 16.5. The minimum Gasteiger partial charge on any atom is -0.493 e. The summed E-state index contributed by atoms with van der Waals surface area (Å²) < 4.78 is 18.2. The Labute approximate surface area is 209 Å². The zero-order chi connectivity index (χ0) is 26.4. The summed E-state index contributed by atoms with van der Waals surface area (Å²) in [6.45, 7) is 7.20. The van der Waals surface area contributed by atoms with Crippen LogP contribution in [0.2, 0.25) is 0 Å². The van der Waals surface area contributed by atoms with Crippen LogP contribution in [0, 0.1) is 13.8 Å². The normalized spacial score (nSPS) is 15.4. The van der Waals surface area contributed by atoms with Crippen molar-refractivity contribution in [1.82, 2.24) is 20.6 Å². The van der Waals surface area contributed by atoms with Gasteiger partial charge in [-0.05, 0) is 51.5 Å². The molecule has 0 spiro atoms. The number of aryl methyl sites for hydroxylation is 1. The van der Waals surface area contributed by atoms with Gasteiger partial charge in [0.05, 0.1) is 31.5 Å². The van der Waals surface area contributed by atoms with Crippen LogP contribution in [0.1, 0.15) is 42.4 Å². The van der Waals surface area contributed by atoms with Crippen molar-refractivity contribution in [2.45, 2.75) is 33.7 Å². The molecule has 3 N–H and O–H groups in total. The van der Waals surface area contributed by atoms with Gasteiger partial charge in [-0.25, -0.2) is 15.0 Å². The Balaban J connectivity index is 1.70. The van der Waals surface area contributed by atoms with E-state index in [1.54, 1.807) is 38.3 Å². The molecule has 0 radical (unpaired) electrons. The van der Waals surface area contributed by atoms with Gasteiger partial charge >= 0.3 is 12.0 Å². The number of allylic oxidation sites excluding steroid dienone is 1. The summed E-state index contributed by atoms with van der Waals surface area (Å²) in [5.74, 6) is -0.345. The molecule has 1 atom stereocenters. The van der Waals surface area contributed by atoms with E-state index >= 15 is 0 Å². The average molecular weight is 498 g/mol. The van der Waals surface area contributed by atoms with Gasteiger partial charge in [0, 0.05) is 29.7 Å². The highest BCUT2D eigenvalue weighted by molar-refractivity contribution is 5.95. The summed E-state index contributed by atoms with van der Waals surface area (Å²) in [7, 11) is 3.41. The van der Waals surface area contributed by atoms with Crippen LogP contribution in [-0.4, -0.2) is 49.0 Å². The predicted octanol–water partition coefficient (Wildman–Crippen LogP) is 2.37. The van der Waals surface area contributed by atoms with E-state index in [0.29, 0.717) is 22.8 Å². The Morgan fingerprint density at radius 3 is 2.58 bits per heavy atom. The van der Waals surface area contributed by atoms with Crippen LogP contribution in [0.4, 0.5) is 4.79 Å². The van der Waals surface area contributed by atoms with E-state index in [2.05, 4.69) is 21.2 Å². The van der Waals surface area contributed by atoms with Gasteiger partial charge < -0.3 is 29.4 Å². The summed E-state index contributed by atoms with van der Waals surface area (Å²) in [6, 6.07) is 5.70. The minimum absolute atomic E-state index is 0.198. The van der Waals surface area contributed by atoms with Crippen LogP contribution in [0.5, 0.6) is 11.5 Å². The number of hydrogen-bond acceptors (Lipinski definition) is 7. The predicted molar refractivity (Wildman–Crippen MR) is 133 cm³/mol. The van der Waals surface area contributed by atoms with Crippen molar-refractivity contribution in [2.24, 2.45) is 12.1 Å². The molecule has 0 saturated carbocycles. The first kappa shape index (κ1) is 26.3. The third-order valence-corrected chi connectivity index (χ3v) is 5.85. The average Bonchev–Trinajstić information content (AvgIpc) is 3.08. The lowest BCUT2D eigenvalue weighted by molar-refractivity contribution is -0.139. The Morgan fingerprint density at radius 2 is 1.94 bits per heavy atom. The lowest BCUT2D eigenvalue weighted by atomic mass is 9.95. The lowest BCUT2D eigenvalue weighted by Crippen LogP contribution is -2.45. The first-order valence-electron chi connectivity index (χ1n) is 11.4. The summed E-state index contributed by atoms with van der Waals surface area (Å²) in [6.07, 6.45) is 1.58. The number of ether oxygens (including phenoxy) is 3. The zero-order valence-electron chi connectivity index (χ0n) is 21.2. The van der Waals surface area contributed by atoms with Crippen molar-refractivity contribution < 1.29 is 28.6 Å². The van der Waals surface area contributed by atoms with Crippen LogP contribution in [0.3, 0.4) is 0 Å². The summed E-state index contributed by atoms with van der Waals surface area (Å²) in [5, 5.41) is 9.32. The van der Waals surface area contributed by atoms with Crippen molar-refractivity contribution in [3.05, 3.63) is 58.1 Å². The minimum atomic E-state index is -0.747. The fraction of sp³-hybridized carbons (Fsp3) is 0.360. The van der Waals surface area contributed by atoms with Crippen LogP contribution < -0.4 is 25.5 Å². The van der Waals surface area contributed by atoms with Crippen LogP contribution in [-0.2, 0) is 21.4 Å². The topological polar surface area (TPSA) is 132 Å². The molecule has 1 aromatic heterocycles. The maximum Gasteiger partial charge on any atom is 0.338 e. The zero-order valence-corrected chi connectivity index (χ0v) is 21.2. The second-order valence-electron chi connectivity index (χ2n) is 8.17. The monoisotopic (exact) mass is 497 g/mol. The second-order valence-corrected chi connectivity index (χ2v) is 8.17. The maximum absolute atomic E-state index is 12.5. The lowest BCUT2D eigenvalue weighted by Gasteiger charge is -2.28. The second kappa shape index (κ2) is 11.4. The molecule has 36 heavy (non-hydrogen) atoms. The van der Waals surface area contributed by atoms with E-state index in [4.69, 9.17) is 14.2 Å². The van der Waals surface area contributed by atoms with Gasteiger partial charge in [0.25, 0.3) is 5.91 Å². The molecule has 3 amide bonds. The summed E-state index contributed by atoms with van der Waals surface area (Å²) >= 11 is 0. The molecule has 0 unspecified atom stereocenters. The van der Waals surface area contributed by atoms with E-state index in [1.165, 1.54) is 7.11 Å². The summed E-state index contributed by atoms with van der Waals surface area (Å²) in [5.41, 5.74) is 6.74. The molecule has 0 bridgehead atoms. The Hall–Kier alpha value is -4.28. The SMILES string of the molecule is CCOC(=O)C1=C(C)NC(=O)N[C@@H]1c1ccc(OCC(=O)NN=Cc2cc(C)n(C)c2C)c(OC)c1. The van der Waals surface area contributed by atoms with E-state index in [1.807, 2.05) is 31.5 Å². The molecule has 11 heteroatoms. The van der Waals surface area contributed by atoms with Crippen molar-refractivity contribution in [2.75, 3.05) is 20.3 Å². The number of benzene rings is 1. The smallest absolute Gasteiger partial charge is 0.338 e. The molecule has 11 nitrogen and oxygen atoms in total. The van der Waals surface area contributed by atoms with Crippen LogP contribution in [0.25, 0.3) is 0 Å². The van der Waals surface area contributed by atoms with E-state index < -0.39 is 23.9 Å². The number of nitrogens with one attached hydrogen (secondary N) is 3. The molecule has 1 aliphatic rings. The number of methoxy groups -OCH3 is 1. The van der Waals surface area contributed by atoms with Gasteiger partial charge in [0.2, 0.25) is 0 Å². The van der Waals surface area contributed by atoms with Gasteiger partial charge in [-0.1, -0.05) is 6.07 Å². The molecular formula is C25H31N5O6. The quantitative estimate of drug-likeness (QED) is 0.277. The number of carbonyl (C=O) groups excluding carboxylic acids is 3. The molecule has 0 aliphatic carbocycles. The highest BCUT2D eigenvalue weighted by Gasteiger charge is 2.32. The number of urea groups is 1. The fourth-order valence-electron chi connectivity index (χ4n) is 3.77. The van der Waals surface area contributed by atoms with E-state index in [-0.39, 0.29) is 18.8 Å². The fourth-order valence-corrected chi connectivity index (χ4v) is 3.77. The molecule has 3 rings (SSSR count). The van der Waals surface area contributed by atoms with Gasteiger partial charge in [0.15, 0.2) is 18.1 Å².